The summed E-state index contributed by atoms with van der Waals surface area (Å²) in [4.78, 5) is 11.6. The smallest absolute Gasteiger partial charge is 0.412 e. The van der Waals surface area contributed by atoms with E-state index in [0.717, 1.165) is 0 Å². The van der Waals surface area contributed by atoms with Crippen LogP contribution in [0.3, 0.4) is 0 Å². The molecule has 0 aliphatic heterocycles. The number of hydrogen-bond acceptors (Lipinski definition) is 5. The molecule has 0 radical (unpaired) electrons. The molecule has 6 nitrogen and oxygen atoms in total. The number of nitriles is 1. The number of anilines is 1. The van der Waals surface area contributed by atoms with Crippen LogP contribution in [-0.4, -0.2) is 21.9 Å². The number of benzene rings is 1. The third kappa shape index (κ3) is 4.78. The first-order chi connectivity index (χ1) is 9.23. The molecule has 1 rings (SSSR count). The van der Waals surface area contributed by atoms with Gasteiger partial charge in [0.15, 0.2) is 0 Å². The number of ether oxygens (including phenoxy) is 1. The summed E-state index contributed by atoms with van der Waals surface area (Å²) in [5.41, 5.74) is -0.0613. The second kappa shape index (κ2) is 6.26. The minimum atomic E-state index is -0.971. The van der Waals surface area contributed by atoms with Gasteiger partial charge in [-0.3, -0.25) is 5.32 Å². The van der Waals surface area contributed by atoms with Crippen LogP contribution in [0.15, 0.2) is 18.2 Å². The van der Waals surface area contributed by atoms with Crippen LogP contribution in [0.2, 0.25) is 0 Å². The van der Waals surface area contributed by atoms with Gasteiger partial charge in [-0.15, -0.1) is 0 Å². The summed E-state index contributed by atoms with van der Waals surface area (Å²) < 4.78 is 5.06. The molecule has 0 saturated carbocycles. The molecule has 0 spiro atoms. The van der Waals surface area contributed by atoms with Crippen molar-refractivity contribution in [3.63, 3.8) is 0 Å². The topological polar surface area (TPSA) is 103 Å². The molecule has 6 heteroatoms. The maximum atomic E-state index is 11.6. The summed E-state index contributed by atoms with van der Waals surface area (Å²) in [6.07, 6.45) is -1.72. The Bertz CT molecular complexity index is 529. The van der Waals surface area contributed by atoms with E-state index in [-0.39, 0.29) is 17.9 Å². The monoisotopic (exact) mass is 278 g/mol. The minimum absolute atomic E-state index is 0.0711. The Labute approximate surface area is 117 Å². The first kappa shape index (κ1) is 15.8. The van der Waals surface area contributed by atoms with E-state index in [4.69, 9.17) is 10.00 Å². The molecule has 0 aliphatic carbocycles. The summed E-state index contributed by atoms with van der Waals surface area (Å²) >= 11 is 0. The number of rotatable bonds is 3. The fourth-order valence-electron chi connectivity index (χ4n) is 1.48. The van der Waals surface area contributed by atoms with E-state index in [1.54, 1.807) is 20.8 Å². The van der Waals surface area contributed by atoms with Crippen molar-refractivity contribution >= 4 is 11.8 Å². The van der Waals surface area contributed by atoms with Crippen LogP contribution >= 0.6 is 0 Å². The zero-order chi connectivity index (χ0) is 15.3. The van der Waals surface area contributed by atoms with E-state index in [1.165, 1.54) is 18.2 Å². The first-order valence-electron chi connectivity index (χ1n) is 6.11. The molecule has 1 atom stereocenters. The van der Waals surface area contributed by atoms with Gasteiger partial charge in [0, 0.05) is 0 Å². The fourth-order valence-corrected chi connectivity index (χ4v) is 1.48. The molecule has 20 heavy (non-hydrogen) atoms. The molecule has 3 N–H and O–H groups in total. The molecular formula is C14H18N2O4. The number of nitrogens with one attached hydrogen (secondary N) is 1. The van der Waals surface area contributed by atoms with Crippen LogP contribution in [0, 0.1) is 11.3 Å². The highest BCUT2D eigenvalue weighted by Crippen LogP contribution is 2.28. The van der Waals surface area contributed by atoms with E-state index in [0.29, 0.717) is 5.56 Å². The molecule has 0 fully saturated rings. The number of nitrogens with zero attached hydrogens (tertiary/aromatic N) is 1. The van der Waals surface area contributed by atoms with Gasteiger partial charge < -0.3 is 14.9 Å². The molecule has 1 amide bonds. The maximum Gasteiger partial charge on any atom is 0.412 e. The maximum absolute atomic E-state index is 11.6. The van der Waals surface area contributed by atoms with Crippen molar-refractivity contribution in [3.05, 3.63) is 23.8 Å². The highest BCUT2D eigenvalue weighted by Gasteiger charge is 2.17. The Kier molecular flexibility index (Phi) is 4.94. The quantitative estimate of drug-likeness (QED) is 0.738. The largest absolute Gasteiger partial charge is 0.506 e. The SMILES string of the molecule is CC(C)(C)OC(=O)Nc1ccc(C(O)CC#N)cc1O. The molecule has 0 heterocycles. The number of phenols is 1. The number of carbonyl (C=O) groups is 1. The van der Waals surface area contributed by atoms with E-state index in [9.17, 15) is 15.0 Å². The Hall–Kier alpha value is -2.26. The second-order valence-electron chi connectivity index (χ2n) is 5.28. The average Bonchev–Trinajstić information content (AvgIpc) is 2.29. The predicted molar refractivity (Wildman–Crippen MR) is 73.2 cm³/mol. The lowest BCUT2D eigenvalue weighted by Gasteiger charge is -2.20. The fraction of sp³-hybridized carbons (Fsp3) is 0.429. The number of amides is 1. The highest BCUT2D eigenvalue weighted by atomic mass is 16.6. The predicted octanol–water partition coefficient (Wildman–Crippen LogP) is 2.69. The van der Waals surface area contributed by atoms with Gasteiger partial charge in [-0.1, -0.05) is 6.07 Å². The Morgan fingerprint density at radius 1 is 1.50 bits per heavy atom. The van der Waals surface area contributed by atoms with Gasteiger partial charge in [0.25, 0.3) is 0 Å². The van der Waals surface area contributed by atoms with Crippen LogP contribution in [0.4, 0.5) is 10.5 Å². The summed E-state index contributed by atoms with van der Waals surface area (Å²) in [5.74, 6) is -0.203. The van der Waals surface area contributed by atoms with E-state index >= 15 is 0 Å². The highest BCUT2D eigenvalue weighted by molar-refractivity contribution is 5.86. The molecule has 0 aliphatic rings. The standard InChI is InChI=1S/C14H18N2O4/c1-14(2,3)20-13(19)16-10-5-4-9(8-12(10)18)11(17)6-7-15/h4-5,8,11,17-18H,6H2,1-3H3,(H,16,19). The molecule has 0 aromatic heterocycles. The van der Waals surface area contributed by atoms with Gasteiger partial charge in [0.2, 0.25) is 0 Å². The molecule has 108 valence electrons. The van der Waals surface area contributed by atoms with Gasteiger partial charge in [-0.25, -0.2) is 4.79 Å². The van der Waals surface area contributed by atoms with Gasteiger partial charge >= 0.3 is 6.09 Å². The van der Waals surface area contributed by atoms with Crippen LogP contribution in [0.25, 0.3) is 0 Å². The van der Waals surface area contributed by atoms with Crippen molar-refractivity contribution in [2.24, 2.45) is 0 Å². The van der Waals surface area contributed by atoms with Crippen LogP contribution < -0.4 is 5.32 Å². The van der Waals surface area contributed by atoms with Crippen molar-refractivity contribution in [1.82, 2.24) is 0 Å². The number of aliphatic hydroxyl groups excluding tert-OH is 1. The zero-order valence-corrected chi connectivity index (χ0v) is 11.7. The van der Waals surface area contributed by atoms with Crippen LogP contribution in [0.5, 0.6) is 5.75 Å². The molecule has 1 aromatic carbocycles. The first-order valence-corrected chi connectivity index (χ1v) is 6.11. The van der Waals surface area contributed by atoms with Crippen molar-refractivity contribution in [3.8, 4) is 11.8 Å². The van der Waals surface area contributed by atoms with Crippen LogP contribution in [0.1, 0.15) is 38.9 Å². The Balaban J connectivity index is 2.79. The summed E-state index contributed by atoms with van der Waals surface area (Å²) in [5, 5.41) is 30.3. The van der Waals surface area contributed by atoms with Gasteiger partial charge in [-0.2, -0.15) is 5.26 Å². The number of aliphatic hydroxyl groups is 1. The normalized spacial score (nSPS) is 12.3. The van der Waals surface area contributed by atoms with Gasteiger partial charge in [0.1, 0.15) is 11.4 Å². The van der Waals surface area contributed by atoms with Crippen molar-refractivity contribution in [2.75, 3.05) is 5.32 Å². The minimum Gasteiger partial charge on any atom is -0.506 e. The molecule has 0 bridgehead atoms. The molecule has 1 aromatic rings. The number of hydrogen-bond donors (Lipinski definition) is 3. The molecule has 0 saturated heterocycles. The van der Waals surface area contributed by atoms with Crippen molar-refractivity contribution in [2.45, 2.75) is 38.9 Å². The van der Waals surface area contributed by atoms with Gasteiger partial charge in [-0.05, 0) is 38.5 Å². The van der Waals surface area contributed by atoms with E-state index < -0.39 is 17.8 Å². The lowest BCUT2D eigenvalue weighted by molar-refractivity contribution is 0.0635. The van der Waals surface area contributed by atoms with E-state index in [2.05, 4.69) is 5.32 Å². The van der Waals surface area contributed by atoms with Crippen molar-refractivity contribution in [1.29, 1.82) is 5.26 Å². The summed E-state index contributed by atoms with van der Waals surface area (Å²) in [6.45, 7) is 5.19. The third-order valence-electron chi connectivity index (χ3n) is 2.33. The van der Waals surface area contributed by atoms with Crippen molar-refractivity contribution < 1.29 is 19.7 Å². The molecule has 1 unspecified atom stereocenters. The number of aromatic hydroxyl groups is 1. The van der Waals surface area contributed by atoms with Gasteiger partial charge in [0.05, 0.1) is 24.3 Å². The lowest BCUT2D eigenvalue weighted by Crippen LogP contribution is -2.27. The number of carbonyl (C=O) groups excluding carboxylic acids is 1. The summed E-state index contributed by atoms with van der Waals surface area (Å²) in [7, 11) is 0. The zero-order valence-electron chi connectivity index (χ0n) is 11.7. The van der Waals surface area contributed by atoms with Crippen LogP contribution in [-0.2, 0) is 4.74 Å². The van der Waals surface area contributed by atoms with E-state index in [1.807, 2.05) is 6.07 Å². The second-order valence-corrected chi connectivity index (χ2v) is 5.28. The lowest BCUT2D eigenvalue weighted by atomic mass is 10.1. The Morgan fingerprint density at radius 2 is 2.15 bits per heavy atom. The molecular weight excluding hydrogens is 260 g/mol. The average molecular weight is 278 g/mol. The Morgan fingerprint density at radius 3 is 2.65 bits per heavy atom. The number of phenolic OH excluding ortho intramolecular Hbond substituents is 1. The third-order valence-corrected chi connectivity index (χ3v) is 2.33. The summed E-state index contributed by atoms with van der Waals surface area (Å²) in [6, 6.07) is 6.10.